The quantitative estimate of drug-likeness (QED) is 0.638. The van der Waals surface area contributed by atoms with Crippen molar-refractivity contribution in [2.75, 3.05) is 13.7 Å². The van der Waals surface area contributed by atoms with Crippen molar-refractivity contribution in [1.82, 2.24) is 14.8 Å². The molecule has 0 aliphatic rings. The van der Waals surface area contributed by atoms with Crippen LogP contribution in [0.2, 0.25) is 0 Å². The molecule has 2 rings (SSSR count). The summed E-state index contributed by atoms with van der Waals surface area (Å²) in [6.07, 6.45) is 0. The molecule has 114 valence electrons. The molecule has 7 nitrogen and oxygen atoms in total. The van der Waals surface area contributed by atoms with E-state index >= 15 is 0 Å². The SMILES string of the molecule is COC(=O)c1oc(CSc2nnc(C)n2CCN)cc1C. The first-order chi connectivity index (χ1) is 10.1. The highest BCUT2D eigenvalue weighted by Gasteiger charge is 2.17. The van der Waals surface area contributed by atoms with Gasteiger partial charge in [0.1, 0.15) is 11.6 Å². The van der Waals surface area contributed by atoms with E-state index in [1.54, 1.807) is 0 Å². The van der Waals surface area contributed by atoms with Crippen molar-refractivity contribution in [3.8, 4) is 0 Å². The summed E-state index contributed by atoms with van der Waals surface area (Å²) in [5, 5.41) is 8.94. The molecule has 0 saturated carbocycles. The third-order valence-corrected chi connectivity index (χ3v) is 3.93. The molecule has 0 atom stereocenters. The second kappa shape index (κ2) is 6.77. The monoisotopic (exact) mass is 310 g/mol. The van der Waals surface area contributed by atoms with Crippen molar-refractivity contribution in [2.45, 2.75) is 31.3 Å². The van der Waals surface area contributed by atoms with Crippen LogP contribution in [0.3, 0.4) is 0 Å². The lowest BCUT2D eigenvalue weighted by Gasteiger charge is -2.05. The summed E-state index contributed by atoms with van der Waals surface area (Å²) in [4.78, 5) is 11.5. The normalized spacial score (nSPS) is 10.9. The zero-order chi connectivity index (χ0) is 15.4. The number of nitrogens with zero attached hydrogens (tertiary/aromatic N) is 3. The maximum absolute atomic E-state index is 11.5. The Hall–Kier alpha value is -1.80. The minimum Gasteiger partial charge on any atom is -0.463 e. The van der Waals surface area contributed by atoms with E-state index in [1.807, 2.05) is 24.5 Å². The minimum absolute atomic E-state index is 0.243. The van der Waals surface area contributed by atoms with Crippen LogP contribution in [-0.4, -0.2) is 34.4 Å². The third-order valence-electron chi connectivity index (χ3n) is 2.94. The Morgan fingerprint density at radius 2 is 2.24 bits per heavy atom. The molecule has 0 spiro atoms. The van der Waals surface area contributed by atoms with Gasteiger partial charge in [0.05, 0.1) is 12.9 Å². The molecule has 2 heterocycles. The van der Waals surface area contributed by atoms with Crippen molar-refractivity contribution in [3.63, 3.8) is 0 Å². The standard InChI is InChI=1S/C13H18N4O3S/c1-8-6-10(20-11(8)12(18)19-3)7-21-13-16-15-9(2)17(13)5-4-14/h6H,4-5,7,14H2,1-3H3. The van der Waals surface area contributed by atoms with Gasteiger partial charge in [0, 0.05) is 18.7 Å². The van der Waals surface area contributed by atoms with Crippen LogP contribution in [-0.2, 0) is 17.0 Å². The van der Waals surface area contributed by atoms with Gasteiger partial charge >= 0.3 is 5.97 Å². The van der Waals surface area contributed by atoms with Gasteiger partial charge in [-0.05, 0) is 19.9 Å². The molecule has 0 fully saturated rings. The molecular formula is C13H18N4O3S. The summed E-state index contributed by atoms with van der Waals surface area (Å²) in [5.41, 5.74) is 6.34. The molecule has 0 unspecified atom stereocenters. The zero-order valence-electron chi connectivity index (χ0n) is 12.3. The van der Waals surface area contributed by atoms with Crippen molar-refractivity contribution < 1.29 is 13.9 Å². The van der Waals surface area contributed by atoms with Crippen molar-refractivity contribution in [1.29, 1.82) is 0 Å². The van der Waals surface area contributed by atoms with Gasteiger partial charge in [0.15, 0.2) is 5.16 Å². The Morgan fingerprint density at radius 3 is 2.90 bits per heavy atom. The Labute approximate surface area is 126 Å². The summed E-state index contributed by atoms with van der Waals surface area (Å²) in [6, 6.07) is 1.83. The topological polar surface area (TPSA) is 96.2 Å². The van der Waals surface area contributed by atoms with Gasteiger partial charge in [-0.1, -0.05) is 11.8 Å². The number of nitrogens with two attached hydrogens (primary N) is 1. The molecule has 21 heavy (non-hydrogen) atoms. The molecule has 0 aromatic carbocycles. The molecule has 8 heteroatoms. The van der Waals surface area contributed by atoms with Gasteiger partial charge in [-0.15, -0.1) is 10.2 Å². The lowest BCUT2D eigenvalue weighted by Crippen LogP contribution is -2.12. The van der Waals surface area contributed by atoms with Gasteiger partial charge < -0.3 is 19.5 Å². The Morgan fingerprint density at radius 1 is 1.48 bits per heavy atom. The van der Waals surface area contributed by atoms with Crippen LogP contribution in [0.15, 0.2) is 15.6 Å². The van der Waals surface area contributed by atoms with Crippen molar-refractivity contribution in [3.05, 3.63) is 29.0 Å². The number of hydrogen-bond acceptors (Lipinski definition) is 7. The first-order valence-corrected chi connectivity index (χ1v) is 7.45. The van der Waals surface area contributed by atoms with E-state index in [4.69, 9.17) is 10.2 Å². The fourth-order valence-corrected chi connectivity index (χ4v) is 2.80. The molecule has 0 saturated heterocycles. The van der Waals surface area contributed by atoms with Gasteiger partial charge in [0.25, 0.3) is 0 Å². The number of aromatic nitrogens is 3. The predicted molar refractivity (Wildman–Crippen MR) is 78.2 cm³/mol. The summed E-state index contributed by atoms with van der Waals surface area (Å²) in [7, 11) is 1.33. The maximum atomic E-state index is 11.5. The largest absolute Gasteiger partial charge is 0.463 e. The number of esters is 1. The predicted octanol–water partition coefficient (Wildman–Crippen LogP) is 1.53. The van der Waals surface area contributed by atoms with Gasteiger partial charge in [-0.3, -0.25) is 0 Å². The number of furan rings is 1. The average Bonchev–Trinajstić information content (AvgIpc) is 3.01. The summed E-state index contributed by atoms with van der Waals surface area (Å²) in [5.74, 6) is 1.85. The van der Waals surface area contributed by atoms with E-state index in [1.165, 1.54) is 18.9 Å². The van der Waals surface area contributed by atoms with E-state index in [0.717, 1.165) is 16.5 Å². The number of aryl methyl sites for hydroxylation is 2. The summed E-state index contributed by atoms with van der Waals surface area (Å²) >= 11 is 1.49. The van der Waals surface area contributed by atoms with Crippen LogP contribution in [0.25, 0.3) is 0 Å². The molecule has 0 aliphatic heterocycles. The first kappa shape index (κ1) is 15.6. The van der Waals surface area contributed by atoms with E-state index in [9.17, 15) is 4.79 Å². The van der Waals surface area contributed by atoms with Gasteiger partial charge in [-0.2, -0.15) is 0 Å². The number of methoxy groups -OCH3 is 1. The Balaban J connectivity index is 2.08. The fraction of sp³-hybridized carbons (Fsp3) is 0.462. The summed E-state index contributed by atoms with van der Waals surface area (Å²) in [6.45, 7) is 4.90. The highest BCUT2D eigenvalue weighted by molar-refractivity contribution is 7.98. The smallest absolute Gasteiger partial charge is 0.374 e. The molecule has 2 aromatic rings. The van der Waals surface area contributed by atoms with Crippen LogP contribution < -0.4 is 5.73 Å². The van der Waals surface area contributed by atoms with Crippen LogP contribution in [0.4, 0.5) is 0 Å². The lowest BCUT2D eigenvalue weighted by molar-refractivity contribution is 0.0562. The number of ether oxygens (including phenoxy) is 1. The van der Waals surface area contributed by atoms with Crippen molar-refractivity contribution in [2.24, 2.45) is 5.73 Å². The van der Waals surface area contributed by atoms with Crippen LogP contribution in [0.1, 0.15) is 27.7 Å². The Kier molecular flexibility index (Phi) is 5.03. The average molecular weight is 310 g/mol. The molecule has 0 aliphatic carbocycles. The van der Waals surface area contributed by atoms with E-state index in [2.05, 4.69) is 14.9 Å². The minimum atomic E-state index is -0.467. The van der Waals surface area contributed by atoms with Crippen LogP contribution in [0.5, 0.6) is 0 Å². The lowest BCUT2D eigenvalue weighted by atomic mass is 10.3. The van der Waals surface area contributed by atoms with E-state index in [0.29, 0.717) is 24.6 Å². The first-order valence-electron chi connectivity index (χ1n) is 6.47. The van der Waals surface area contributed by atoms with Crippen LogP contribution in [0, 0.1) is 13.8 Å². The molecule has 0 radical (unpaired) electrons. The molecule has 0 amide bonds. The second-order valence-electron chi connectivity index (χ2n) is 4.48. The fourth-order valence-electron chi connectivity index (χ4n) is 1.91. The maximum Gasteiger partial charge on any atom is 0.374 e. The highest BCUT2D eigenvalue weighted by atomic mass is 32.2. The highest BCUT2D eigenvalue weighted by Crippen LogP contribution is 2.25. The molecule has 0 bridgehead atoms. The number of carbonyl (C=O) groups excluding carboxylic acids is 1. The second-order valence-corrected chi connectivity index (χ2v) is 5.42. The third kappa shape index (κ3) is 3.45. The van der Waals surface area contributed by atoms with E-state index < -0.39 is 5.97 Å². The number of hydrogen-bond donors (Lipinski definition) is 1. The summed E-state index contributed by atoms with van der Waals surface area (Å²) < 4.78 is 12.1. The Bertz CT molecular complexity index is 635. The van der Waals surface area contributed by atoms with Crippen LogP contribution >= 0.6 is 11.8 Å². The van der Waals surface area contributed by atoms with Gasteiger partial charge in [-0.25, -0.2) is 4.79 Å². The van der Waals surface area contributed by atoms with Gasteiger partial charge in [0.2, 0.25) is 5.76 Å². The zero-order valence-corrected chi connectivity index (χ0v) is 13.1. The number of rotatable bonds is 6. The molecule has 2 aromatic heterocycles. The number of carbonyl (C=O) groups is 1. The van der Waals surface area contributed by atoms with E-state index in [-0.39, 0.29) is 5.76 Å². The number of thioether (sulfide) groups is 1. The molecular weight excluding hydrogens is 292 g/mol. The molecule has 2 N–H and O–H groups in total. The van der Waals surface area contributed by atoms with Crippen molar-refractivity contribution >= 4 is 17.7 Å².